The maximum absolute atomic E-state index is 12.3. The SMILES string of the molecule is CCOc1ccc(C(=O)NNC(=O)Cc2c(C)[nH]c3ccccc23)cc1OC. The molecule has 3 N–H and O–H groups in total. The van der Waals surface area contributed by atoms with Gasteiger partial charge in [-0.3, -0.25) is 20.4 Å². The highest BCUT2D eigenvalue weighted by molar-refractivity contribution is 5.96. The Morgan fingerprint density at radius 1 is 1.07 bits per heavy atom. The highest BCUT2D eigenvalue weighted by Gasteiger charge is 2.14. The van der Waals surface area contributed by atoms with E-state index < -0.39 is 5.91 Å². The molecule has 0 unspecified atom stereocenters. The summed E-state index contributed by atoms with van der Waals surface area (Å²) in [7, 11) is 1.50. The summed E-state index contributed by atoms with van der Waals surface area (Å²) in [5.74, 6) is 0.264. The number of amides is 2. The van der Waals surface area contributed by atoms with Gasteiger partial charge in [0.05, 0.1) is 20.1 Å². The van der Waals surface area contributed by atoms with Crippen LogP contribution in [-0.4, -0.2) is 30.5 Å². The molecule has 0 spiro atoms. The number of aryl methyl sites for hydroxylation is 1. The summed E-state index contributed by atoms with van der Waals surface area (Å²) >= 11 is 0. The van der Waals surface area contributed by atoms with Crippen LogP contribution < -0.4 is 20.3 Å². The summed E-state index contributed by atoms with van der Waals surface area (Å²) in [5, 5.41) is 0.998. The number of carbonyl (C=O) groups is 2. The van der Waals surface area contributed by atoms with E-state index in [4.69, 9.17) is 9.47 Å². The fraction of sp³-hybridized carbons (Fsp3) is 0.238. The van der Waals surface area contributed by atoms with Gasteiger partial charge in [-0.05, 0) is 43.7 Å². The molecule has 0 fully saturated rings. The Kier molecular flexibility index (Phi) is 5.84. The van der Waals surface area contributed by atoms with Gasteiger partial charge in [0.2, 0.25) is 5.91 Å². The standard InChI is InChI=1S/C21H23N3O4/c1-4-28-18-10-9-14(11-19(18)27-3)21(26)24-23-20(25)12-16-13(2)22-17-8-6-5-7-15(16)17/h5-11,22H,4,12H2,1-3H3,(H,23,25)(H,24,26). The quantitative estimate of drug-likeness (QED) is 0.573. The van der Waals surface area contributed by atoms with Crippen molar-refractivity contribution in [2.75, 3.05) is 13.7 Å². The van der Waals surface area contributed by atoms with Crippen LogP contribution in [0.15, 0.2) is 42.5 Å². The smallest absolute Gasteiger partial charge is 0.269 e. The first-order valence-electron chi connectivity index (χ1n) is 8.99. The highest BCUT2D eigenvalue weighted by Crippen LogP contribution is 2.28. The van der Waals surface area contributed by atoms with Gasteiger partial charge in [0.1, 0.15) is 0 Å². The van der Waals surface area contributed by atoms with E-state index >= 15 is 0 Å². The number of nitrogens with one attached hydrogen (secondary N) is 3. The van der Waals surface area contributed by atoms with Crippen LogP contribution >= 0.6 is 0 Å². The topological polar surface area (TPSA) is 92.5 Å². The predicted octanol–water partition coefficient (Wildman–Crippen LogP) is 2.89. The number of aromatic nitrogens is 1. The lowest BCUT2D eigenvalue weighted by atomic mass is 10.1. The van der Waals surface area contributed by atoms with E-state index in [9.17, 15) is 9.59 Å². The monoisotopic (exact) mass is 381 g/mol. The van der Waals surface area contributed by atoms with E-state index in [0.29, 0.717) is 23.7 Å². The van der Waals surface area contributed by atoms with Gasteiger partial charge in [-0.15, -0.1) is 0 Å². The first kappa shape index (κ1) is 19.3. The van der Waals surface area contributed by atoms with E-state index in [1.54, 1.807) is 18.2 Å². The summed E-state index contributed by atoms with van der Waals surface area (Å²) in [5.41, 5.74) is 8.07. The van der Waals surface area contributed by atoms with E-state index in [1.807, 2.05) is 38.1 Å². The minimum Gasteiger partial charge on any atom is -0.493 e. The number of hydrazine groups is 1. The van der Waals surface area contributed by atoms with Crippen LogP contribution in [0.2, 0.25) is 0 Å². The molecule has 0 aliphatic heterocycles. The van der Waals surface area contributed by atoms with Crippen molar-refractivity contribution in [1.82, 2.24) is 15.8 Å². The van der Waals surface area contributed by atoms with E-state index in [2.05, 4.69) is 15.8 Å². The zero-order chi connectivity index (χ0) is 20.1. The van der Waals surface area contributed by atoms with Gasteiger partial charge in [0, 0.05) is 22.2 Å². The Labute approximate surface area is 163 Å². The van der Waals surface area contributed by atoms with Crippen LogP contribution in [0.3, 0.4) is 0 Å². The van der Waals surface area contributed by atoms with E-state index in [-0.39, 0.29) is 12.3 Å². The van der Waals surface area contributed by atoms with Crippen molar-refractivity contribution in [3.63, 3.8) is 0 Å². The van der Waals surface area contributed by atoms with Crippen LogP contribution in [0.1, 0.15) is 28.5 Å². The molecule has 28 heavy (non-hydrogen) atoms. The maximum atomic E-state index is 12.3. The lowest BCUT2D eigenvalue weighted by molar-refractivity contribution is -0.121. The second-order valence-electron chi connectivity index (χ2n) is 6.25. The molecule has 0 saturated carbocycles. The number of aromatic amines is 1. The molecule has 0 radical (unpaired) electrons. The van der Waals surface area contributed by atoms with Crippen LogP contribution in [0.25, 0.3) is 10.9 Å². The Bertz CT molecular complexity index is 1010. The molecule has 2 amide bonds. The molecule has 0 bridgehead atoms. The minimum absolute atomic E-state index is 0.155. The molecular weight excluding hydrogens is 358 g/mol. The Hall–Kier alpha value is -3.48. The van der Waals surface area contributed by atoms with Crippen molar-refractivity contribution in [2.45, 2.75) is 20.3 Å². The second-order valence-corrected chi connectivity index (χ2v) is 6.25. The maximum Gasteiger partial charge on any atom is 0.269 e. The van der Waals surface area contributed by atoms with Crippen molar-refractivity contribution < 1.29 is 19.1 Å². The number of rotatable bonds is 6. The number of para-hydroxylation sites is 1. The molecule has 146 valence electrons. The summed E-state index contributed by atoms with van der Waals surface area (Å²) in [4.78, 5) is 27.9. The lowest BCUT2D eigenvalue weighted by Crippen LogP contribution is -2.42. The second kappa shape index (κ2) is 8.47. The fourth-order valence-corrected chi connectivity index (χ4v) is 3.05. The minimum atomic E-state index is -0.439. The number of hydrogen-bond acceptors (Lipinski definition) is 4. The summed E-state index contributed by atoms with van der Waals surface area (Å²) in [6, 6.07) is 12.6. The number of fused-ring (bicyclic) bond motifs is 1. The van der Waals surface area contributed by atoms with E-state index in [0.717, 1.165) is 22.2 Å². The van der Waals surface area contributed by atoms with Crippen LogP contribution in [0.4, 0.5) is 0 Å². The van der Waals surface area contributed by atoms with Gasteiger partial charge in [0.25, 0.3) is 5.91 Å². The number of methoxy groups -OCH3 is 1. The third kappa shape index (κ3) is 4.09. The van der Waals surface area contributed by atoms with Gasteiger partial charge in [-0.1, -0.05) is 18.2 Å². The zero-order valence-corrected chi connectivity index (χ0v) is 16.1. The van der Waals surface area contributed by atoms with Crippen LogP contribution in [-0.2, 0) is 11.2 Å². The Morgan fingerprint density at radius 2 is 1.86 bits per heavy atom. The van der Waals surface area contributed by atoms with E-state index in [1.165, 1.54) is 7.11 Å². The van der Waals surface area contributed by atoms with Crippen molar-refractivity contribution in [1.29, 1.82) is 0 Å². The van der Waals surface area contributed by atoms with Crippen LogP contribution in [0.5, 0.6) is 11.5 Å². The first-order valence-corrected chi connectivity index (χ1v) is 8.99. The molecule has 7 nitrogen and oxygen atoms in total. The van der Waals surface area contributed by atoms with Gasteiger partial charge >= 0.3 is 0 Å². The van der Waals surface area contributed by atoms with Crippen molar-refractivity contribution in [3.8, 4) is 11.5 Å². The molecule has 0 aliphatic rings. The van der Waals surface area contributed by atoms with Gasteiger partial charge < -0.3 is 14.5 Å². The third-order valence-electron chi connectivity index (χ3n) is 4.41. The number of benzene rings is 2. The lowest BCUT2D eigenvalue weighted by Gasteiger charge is -2.11. The summed E-state index contributed by atoms with van der Waals surface area (Å²) in [6.07, 6.45) is 0.155. The molecule has 3 rings (SSSR count). The largest absolute Gasteiger partial charge is 0.493 e. The van der Waals surface area contributed by atoms with Crippen molar-refractivity contribution in [2.24, 2.45) is 0 Å². The molecule has 0 aliphatic carbocycles. The van der Waals surface area contributed by atoms with Crippen molar-refractivity contribution in [3.05, 3.63) is 59.3 Å². The molecule has 1 heterocycles. The Balaban J connectivity index is 1.64. The average Bonchev–Trinajstić information content (AvgIpc) is 3.02. The Morgan fingerprint density at radius 3 is 2.61 bits per heavy atom. The number of carbonyl (C=O) groups excluding carboxylic acids is 2. The molecule has 3 aromatic rings. The molecule has 0 atom stereocenters. The first-order chi connectivity index (χ1) is 13.5. The molecule has 0 saturated heterocycles. The van der Waals surface area contributed by atoms with Gasteiger partial charge in [-0.25, -0.2) is 0 Å². The highest BCUT2D eigenvalue weighted by atomic mass is 16.5. The summed E-state index contributed by atoms with van der Waals surface area (Å²) < 4.78 is 10.7. The predicted molar refractivity (Wildman–Crippen MR) is 107 cm³/mol. The molecule has 2 aromatic carbocycles. The third-order valence-corrected chi connectivity index (χ3v) is 4.41. The number of ether oxygens (including phenoxy) is 2. The zero-order valence-electron chi connectivity index (χ0n) is 16.1. The molecule has 7 heteroatoms. The van der Waals surface area contributed by atoms with Crippen LogP contribution in [0, 0.1) is 6.92 Å². The number of hydrogen-bond donors (Lipinski definition) is 3. The normalized spacial score (nSPS) is 10.5. The summed E-state index contributed by atoms with van der Waals surface area (Å²) in [6.45, 7) is 4.28. The van der Waals surface area contributed by atoms with Crippen molar-refractivity contribution >= 4 is 22.7 Å². The molecular formula is C21H23N3O4. The number of H-pyrrole nitrogens is 1. The molecule has 1 aromatic heterocycles. The van der Waals surface area contributed by atoms with Gasteiger partial charge in [-0.2, -0.15) is 0 Å². The average molecular weight is 381 g/mol. The van der Waals surface area contributed by atoms with Gasteiger partial charge in [0.15, 0.2) is 11.5 Å². The fourth-order valence-electron chi connectivity index (χ4n) is 3.05.